The molecule has 14 heavy (non-hydrogen) atoms. The molecule has 0 fully saturated rings. The van der Waals surface area contributed by atoms with Gasteiger partial charge in [-0.1, -0.05) is 6.92 Å². The molecule has 1 heterocycles. The van der Waals surface area contributed by atoms with Gasteiger partial charge < -0.3 is 5.32 Å². The van der Waals surface area contributed by atoms with Crippen molar-refractivity contribution < 1.29 is 0 Å². The average molecular weight is 190 g/mol. The zero-order valence-corrected chi connectivity index (χ0v) is 8.70. The topological polar surface area (TPSA) is 61.6 Å². The molecule has 4 nitrogen and oxygen atoms in total. The van der Waals surface area contributed by atoms with E-state index >= 15 is 0 Å². The Hall–Kier alpha value is -1.63. The number of anilines is 1. The molecule has 1 aromatic rings. The lowest BCUT2D eigenvalue weighted by molar-refractivity contribution is 0.542. The molecule has 0 amide bonds. The summed E-state index contributed by atoms with van der Waals surface area (Å²) in [6, 6.07) is 1.98. The lowest BCUT2D eigenvalue weighted by atomic mass is 10.0. The highest BCUT2D eigenvalue weighted by atomic mass is 15.1. The zero-order valence-electron chi connectivity index (χ0n) is 8.70. The highest BCUT2D eigenvalue weighted by Gasteiger charge is 2.15. The van der Waals surface area contributed by atoms with Gasteiger partial charge in [0.2, 0.25) is 5.95 Å². The molecule has 1 aromatic heterocycles. The first-order valence-electron chi connectivity index (χ1n) is 4.58. The summed E-state index contributed by atoms with van der Waals surface area (Å²) in [7, 11) is 0. The van der Waals surface area contributed by atoms with Crippen molar-refractivity contribution in [3.63, 3.8) is 0 Å². The Balaban J connectivity index is 2.75. The molecule has 1 rings (SSSR count). The SMILES string of the molecule is CCC(C)(C)Nc1ncc(C#N)cn1. The minimum absolute atomic E-state index is 0.0197. The summed E-state index contributed by atoms with van der Waals surface area (Å²) >= 11 is 0. The van der Waals surface area contributed by atoms with Crippen molar-refractivity contribution in [1.82, 2.24) is 9.97 Å². The van der Waals surface area contributed by atoms with E-state index in [4.69, 9.17) is 5.26 Å². The molecule has 0 saturated carbocycles. The van der Waals surface area contributed by atoms with Gasteiger partial charge in [-0.25, -0.2) is 9.97 Å². The third-order valence-electron chi connectivity index (χ3n) is 2.12. The van der Waals surface area contributed by atoms with E-state index in [9.17, 15) is 0 Å². The molecule has 74 valence electrons. The Kier molecular flexibility index (Phi) is 3.03. The molecule has 0 bridgehead atoms. The van der Waals surface area contributed by atoms with Gasteiger partial charge in [0, 0.05) is 5.54 Å². The summed E-state index contributed by atoms with van der Waals surface area (Å²) in [6.45, 7) is 6.25. The van der Waals surface area contributed by atoms with Crippen LogP contribution in [0.4, 0.5) is 5.95 Å². The fourth-order valence-electron chi connectivity index (χ4n) is 0.841. The van der Waals surface area contributed by atoms with Gasteiger partial charge in [-0.3, -0.25) is 0 Å². The summed E-state index contributed by atoms with van der Waals surface area (Å²) < 4.78 is 0. The van der Waals surface area contributed by atoms with E-state index in [1.54, 1.807) is 0 Å². The van der Waals surface area contributed by atoms with E-state index in [-0.39, 0.29) is 5.54 Å². The van der Waals surface area contributed by atoms with Gasteiger partial charge in [0.1, 0.15) is 6.07 Å². The van der Waals surface area contributed by atoms with Gasteiger partial charge in [0.05, 0.1) is 18.0 Å². The molecule has 0 radical (unpaired) electrons. The lowest BCUT2D eigenvalue weighted by Gasteiger charge is -2.24. The number of rotatable bonds is 3. The standard InChI is InChI=1S/C10H14N4/c1-4-10(2,3)14-9-12-6-8(5-11)7-13-9/h6-7H,4H2,1-3H3,(H,12,13,14). The van der Waals surface area contributed by atoms with Crippen LogP contribution < -0.4 is 5.32 Å². The molecule has 1 N–H and O–H groups in total. The largest absolute Gasteiger partial charge is 0.349 e. The highest BCUT2D eigenvalue weighted by Crippen LogP contribution is 2.13. The molecule has 0 aromatic carbocycles. The van der Waals surface area contributed by atoms with Crippen LogP contribution in [0.3, 0.4) is 0 Å². The second kappa shape index (κ2) is 4.05. The van der Waals surface area contributed by atoms with E-state index in [1.165, 1.54) is 12.4 Å². The molecule has 0 unspecified atom stereocenters. The van der Waals surface area contributed by atoms with E-state index < -0.39 is 0 Å². The van der Waals surface area contributed by atoms with E-state index in [0.717, 1.165) is 6.42 Å². The van der Waals surface area contributed by atoms with Gasteiger partial charge in [-0.15, -0.1) is 0 Å². The second-order valence-electron chi connectivity index (χ2n) is 3.77. The molecule has 0 saturated heterocycles. The summed E-state index contributed by atoms with van der Waals surface area (Å²) in [5, 5.41) is 11.7. The Morgan fingerprint density at radius 1 is 1.43 bits per heavy atom. The summed E-state index contributed by atoms with van der Waals surface area (Å²) in [5.74, 6) is 0.566. The second-order valence-corrected chi connectivity index (χ2v) is 3.77. The van der Waals surface area contributed by atoms with Crippen molar-refractivity contribution in [2.24, 2.45) is 0 Å². The minimum atomic E-state index is -0.0197. The van der Waals surface area contributed by atoms with Crippen molar-refractivity contribution in [3.8, 4) is 6.07 Å². The van der Waals surface area contributed by atoms with Crippen LogP contribution in [0.5, 0.6) is 0 Å². The summed E-state index contributed by atoms with van der Waals surface area (Å²) in [4.78, 5) is 8.08. The van der Waals surface area contributed by atoms with E-state index in [1.807, 2.05) is 6.07 Å². The van der Waals surface area contributed by atoms with Gasteiger partial charge in [0.25, 0.3) is 0 Å². The van der Waals surface area contributed by atoms with Crippen LogP contribution in [0.25, 0.3) is 0 Å². The van der Waals surface area contributed by atoms with Crippen molar-refractivity contribution in [2.75, 3.05) is 5.32 Å². The quantitative estimate of drug-likeness (QED) is 0.791. The predicted octanol–water partition coefficient (Wildman–Crippen LogP) is 1.95. The average Bonchev–Trinajstić information content (AvgIpc) is 2.19. The van der Waals surface area contributed by atoms with Crippen molar-refractivity contribution in [1.29, 1.82) is 5.26 Å². The Bertz CT molecular complexity index is 334. The first-order chi connectivity index (χ1) is 6.57. The molecule has 0 aliphatic heterocycles. The van der Waals surface area contributed by atoms with Crippen molar-refractivity contribution >= 4 is 5.95 Å². The number of nitriles is 1. The Labute approximate surface area is 84.0 Å². The molecule has 0 aliphatic carbocycles. The molecule has 0 aliphatic rings. The van der Waals surface area contributed by atoms with Gasteiger partial charge in [-0.2, -0.15) is 5.26 Å². The smallest absolute Gasteiger partial charge is 0.223 e. The first kappa shape index (κ1) is 10.5. The first-order valence-corrected chi connectivity index (χ1v) is 4.58. The highest BCUT2D eigenvalue weighted by molar-refractivity contribution is 5.32. The van der Waals surface area contributed by atoms with Crippen LogP contribution in [0, 0.1) is 11.3 Å². The van der Waals surface area contributed by atoms with Gasteiger partial charge in [-0.05, 0) is 20.3 Å². The summed E-state index contributed by atoms with van der Waals surface area (Å²) in [5.41, 5.74) is 0.457. The van der Waals surface area contributed by atoms with Crippen LogP contribution in [0.2, 0.25) is 0 Å². The van der Waals surface area contributed by atoms with Crippen molar-refractivity contribution in [2.45, 2.75) is 32.7 Å². The van der Waals surface area contributed by atoms with Gasteiger partial charge in [0.15, 0.2) is 0 Å². The fourth-order valence-corrected chi connectivity index (χ4v) is 0.841. The Morgan fingerprint density at radius 3 is 2.43 bits per heavy atom. The van der Waals surface area contributed by atoms with Gasteiger partial charge >= 0.3 is 0 Å². The third kappa shape index (κ3) is 2.70. The van der Waals surface area contributed by atoms with Crippen LogP contribution in [0.15, 0.2) is 12.4 Å². The molecule has 0 spiro atoms. The predicted molar refractivity (Wildman–Crippen MR) is 54.7 cm³/mol. The normalized spacial score (nSPS) is 10.7. The van der Waals surface area contributed by atoms with E-state index in [2.05, 4.69) is 36.1 Å². The third-order valence-corrected chi connectivity index (χ3v) is 2.12. The number of aromatic nitrogens is 2. The van der Waals surface area contributed by atoms with Crippen LogP contribution in [-0.4, -0.2) is 15.5 Å². The lowest BCUT2D eigenvalue weighted by Crippen LogP contribution is -2.30. The Morgan fingerprint density at radius 2 is 2.00 bits per heavy atom. The zero-order chi connectivity index (χ0) is 10.6. The molecule has 4 heteroatoms. The maximum atomic E-state index is 8.56. The van der Waals surface area contributed by atoms with Crippen LogP contribution in [0.1, 0.15) is 32.8 Å². The van der Waals surface area contributed by atoms with Crippen molar-refractivity contribution in [3.05, 3.63) is 18.0 Å². The number of hydrogen-bond acceptors (Lipinski definition) is 4. The van der Waals surface area contributed by atoms with Crippen LogP contribution >= 0.6 is 0 Å². The monoisotopic (exact) mass is 190 g/mol. The molecular weight excluding hydrogens is 176 g/mol. The van der Waals surface area contributed by atoms with Crippen LogP contribution in [-0.2, 0) is 0 Å². The number of nitrogens with zero attached hydrogens (tertiary/aromatic N) is 3. The minimum Gasteiger partial charge on any atom is -0.349 e. The van der Waals surface area contributed by atoms with E-state index in [0.29, 0.717) is 11.5 Å². The summed E-state index contributed by atoms with van der Waals surface area (Å²) in [6.07, 6.45) is 4.01. The molecular formula is C10H14N4. The molecule has 0 atom stereocenters. The number of hydrogen-bond donors (Lipinski definition) is 1. The maximum Gasteiger partial charge on any atom is 0.223 e. The number of nitrogens with one attached hydrogen (secondary N) is 1. The maximum absolute atomic E-state index is 8.56. The fraction of sp³-hybridized carbons (Fsp3) is 0.500.